The van der Waals surface area contributed by atoms with Crippen molar-refractivity contribution in [2.45, 2.75) is 89.9 Å². The number of hydrogen-bond acceptors (Lipinski definition) is 8. The predicted molar refractivity (Wildman–Crippen MR) is 139 cm³/mol. The highest BCUT2D eigenvalue weighted by Crippen LogP contribution is 2.68. The van der Waals surface area contributed by atoms with Crippen LogP contribution in [0.5, 0.6) is 0 Å². The zero-order valence-electron chi connectivity index (χ0n) is 22.9. The van der Waals surface area contributed by atoms with Crippen molar-refractivity contribution in [3.63, 3.8) is 0 Å². The second kappa shape index (κ2) is 9.39. The maximum atomic E-state index is 13.5. The quantitative estimate of drug-likeness (QED) is 0.324. The van der Waals surface area contributed by atoms with Crippen LogP contribution in [0.25, 0.3) is 0 Å². The maximum Gasteiger partial charge on any atom is 0.333 e. The number of rotatable bonds is 6. The SMILES string of the molecule is Cc1ccc(S(=O)(=O)OCC(=O)O[C@@H]2C[C@@](C)([C@@H]3CO3)[C@@H](O)[C@H](C)[C@]34CCC(=O)[C@H]3[C@@]2(C)[C@@H](C)CC4)cc1. The Bertz CT molecular complexity index is 1210. The number of benzene rings is 1. The molecule has 3 aliphatic carbocycles. The molecular weight excluding hydrogens is 508 g/mol. The minimum absolute atomic E-state index is 0.0355. The van der Waals surface area contributed by atoms with Gasteiger partial charge in [-0.25, -0.2) is 4.79 Å². The van der Waals surface area contributed by atoms with Gasteiger partial charge in [-0.2, -0.15) is 8.42 Å². The Morgan fingerprint density at radius 1 is 1.16 bits per heavy atom. The Labute approximate surface area is 225 Å². The first-order valence-corrected chi connectivity index (χ1v) is 15.1. The minimum atomic E-state index is -4.15. The summed E-state index contributed by atoms with van der Waals surface area (Å²) in [7, 11) is -4.15. The van der Waals surface area contributed by atoms with Gasteiger partial charge in [0.25, 0.3) is 10.1 Å². The molecule has 210 valence electrons. The molecule has 0 spiro atoms. The normalized spacial score (nSPS) is 42.6. The predicted octanol–water partition coefficient (Wildman–Crippen LogP) is 3.82. The van der Waals surface area contributed by atoms with Crippen LogP contribution in [0.15, 0.2) is 29.2 Å². The summed E-state index contributed by atoms with van der Waals surface area (Å²) in [5.74, 6) is -1.00. The van der Waals surface area contributed by atoms with E-state index in [1.165, 1.54) is 12.1 Å². The van der Waals surface area contributed by atoms with Crippen LogP contribution < -0.4 is 0 Å². The van der Waals surface area contributed by atoms with E-state index in [1.54, 1.807) is 12.1 Å². The van der Waals surface area contributed by atoms with Gasteiger partial charge < -0.3 is 14.6 Å². The van der Waals surface area contributed by atoms with Gasteiger partial charge in [0, 0.05) is 23.2 Å². The first-order chi connectivity index (χ1) is 17.8. The average Bonchev–Trinajstić information content (AvgIpc) is 3.67. The molecule has 0 radical (unpaired) electrons. The Hall–Kier alpha value is -1.81. The first kappa shape index (κ1) is 27.7. The summed E-state index contributed by atoms with van der Waals surface area (Å²) in [6, 6.07) is 6.19. The molecule has 0 unspecified atom stereocenters. The van der Waals surface area contributed by atoms with Gasteiger partial charge in [0.05, 0.1) is 23.7 Å². The molecule has 3 saturated carbocycles. The van der Waals surface area contributed by atoms with Crippen LogP contribution in [0, 0.1) is 40.9 Å². The monoisotopic (exact) mass is 548 g/mol. The smallest absolute Gasteiger partial charge is 0.333 e. The summed E-state index contributed by atoms with van der Waals surface area (Å²) in [6.07, 6.45) is 1.60. The summed E-state index contributed by atoms with van der Waals surface area (Å²) in [4.78, 5) is 26.7. The molecule has 1 saturated heterocycles. The average molecular weight is 549 g/mol. The van der Waals surface area contributed by atoms with Gasteiger partial charge in [0.2, 0.25) is 0 Å². The van der Waals surface area contributed by atoms with Gasteiger partial charge in [-0.05, 0) is 62.0 Å². The van der Waals surface area contributed by atoms with E-state index in [2.05, 4.69) is 20.8 Å². The lowest BCUT2D eigenvalue weighted by Crippen LogP contribution is -2.64. The number of carbonyl (C=O) groups is 2. The van der Waals surface area contributed by atoms with Crippen molar-refractivity contribution in [3.05, 3.63) is 29.8 Å². The van der Waals surface area contributed by atoms with Crippen LogP contribution in [0.1, 0.15) is 65.4 Å². The zero-order chi connectivity index (χ0) is 27.7. The third-order valence-electron chi connectivity index (χ3n) is 10.8. The number of aryl methyl sites for hydroxylation is 1. The number of ketones is 1. The maximum absolute atomic E-state index is 13.5. The number of Topliss-reactive ketones (excluding diaryl/α,β-unsaturated/α-hetero) is 1. The number of aliphatic hydroxyl groups excluding tert-OH is 1. The van der Waals surface area contributed by atoms with Crippen LogP contribution in [0.3, 0.4) is 0 Å². The van der Waals surface area contributed by atoms with E-state index < -0.39 is 45.7 Å². The van der Waals surface area contributed by atoms with Crippen LogP contribution in [0.4, 0.5) is 0 Å². The lowest BCUT2D eigenvalue weighted by atomic mass is 9.43. The standard InChI is InChI=1S/C29H40O8S/c1-17-6-8-20(9-7-17)38(33,34)36-16-24(31)37-22-14-27(4,23-15-35-23)26(32)19(3)29-12-10-18(2)28(22,5)25(29)21(30)11-13-29/h6-9,18-19,22-23,25-26,32H,10-16H2,1-5H3/t18-,19-,22+,23-,25-,26-,27-,28-,29-/m0/s1. The topological polar surface area (TPSA) is 120 Å². The molecule has 1 heterocycles. The molecule has 4 aliphatic rings. The molecule has 1 aliphatic heterocycles. The number of hydrogen-bond donors (Lipinski definition) is 1. The van der Waals surface area contributed by atoms with E-state index in [4.69, 9.17) is 13.7 Å². The van der Waals surface area contributed by atoms with Gasteiger partial charge in [-0.1, -0.05) is 45.4 Å². The van der Waals surface area contributed by atoms with Crippen molar-refractivity contribution in [1.29, 1.82) is 0 Å². The minimum Gasteiger partial charge on any atom is -0.460 e. The van der Waals surface area contributed by atoms with Crippen LogP contribution in [-0.2, 0) is 33.4 Å². The lowest BCUT2D eigenvalue weighted by Gasteiger charge is -2.62. The molecule has 0 amide bonds. The van der Waals surface area contributed by atoms with Crippen molar-refractivity contribution in [2.24, 2.45) is 34.0 Å². The number of epoxide rings is 1. The van der Waals surface area contributed by atoms with Crippen LogP contribution in [-0.4, -0.2) is 56.8 Å². The molecule has 1 N–H and O–H groups in total. The highest BCUT2D eigenvalue weighted by Gasteiger charge is 2.70. The van der Waals surface area contributed by atoms with Gasteiger partial charge in [0.1, 0.15) is 11.9 Å². The number of carbonyl (C=O) groups excluding carboxylic acids is 2. The second-order valence-corrected chi connectivity index (χ2v) is 14.3. The second-order valence-electron chi connectivity index (χ2n) is 12.7. The van der Waals surface area contributed by atoms with E-state index >= 15 is 0 Å². The van der Waals surface area contributed by atoms with Crippen LogP contribution >= 0.6 is 0 Å². The Balaban J connectivity index is 1.46. The fourth-order valence-corrected chi connectivity index (χ4v) is 9.00. The molecule has 9 heteroatoms. The van der Waals surface area contributed by atoms with Crippen molar-refractivity contribution in [3.8, 4) is 0 Å². The van der Waals surface area contributed by atoms with Crippen molar-refractivity contribution in [2.75, 3.05) is 13.2 Å². The van der Waals surface area contributed by atoms with E-state index in [-0.39, 0.29) is 40.0 Å². The highest BCUT2D eigenvalue weighted by atomic mass is 32.2. The molecule has 0 aromatic heterocycles. The van der Waals surface area contributed by atoms with Gasteiger partial charge >= 0.3 is 5.97 Å². The number of ether oxygens (including phenoxy) is 2. The summed E-state index contributed by atoms with van der Waals surface area (Å²) >= 11 is 0. The van der Waals surface area contributed by atoms with Gasteiger partial charge in [-0.3, -0.25) is 8.98 Å². The van der Waals surface area contributed by atoms with Gasteiger partial charge in [0.15, 0.2) is 6.61 Å². The Morgan fingerprint density at radius 3 is 2.45 bits per heavy atom. The number of esters is 1. The first-order valence-electron chi connectivity index (χ1n) is 13.7. The van der Waals surface area contributed by atoms with Crippen LogP contribution in [0.2, 0.25) is 0 Å². The third kappa shape index (κ3) is 4.25. The molecule has 38 heavy (non-hydrogen) atoms. The molecular formula is C29H40O8S. The van der Waals surface area contributed by atoms with Crippen molar-refractivity contribution in [1.82, 2.24) is 0 Å². The Morgan fingerprint density at radius 2 is 1.82 bits per heavy atom. The molecule has 2 bridgehead atoms. The summed E-state index contributed by atoms with van der Waals surface area (Å²) in [6.45, 7) is 9.84. The van der Waals surface area contributed by atoms with E-state index in [0.29, 0.717) is 19.4 Å². The molecule has 8 nitrogen and oxygen atoms in total. The molecule has 5 rings (SSSR count). The van der Waals surface area contributed by atoms with Crippen molar-refractivity contribution < 1.29 is 36.8 Å². The summed E-state index contributed by atoms with van der Waals surface area (Å²) in [5.41, 5.74) is -0.813. The van der Waals surface area contributed by atoms with Gasteiger partial charge in [-0.15, -0.1) is 0 Å². The third-order valence-corrected chi connectivity index (χ3v) is 12.1. The summed E-state index contributed by atoms with van der Waals surface area (Å²) in [5, 5.41) is 11.8. The fourth-order valence-electron chi connectivity index (χ4n) is 8.14. The largest absolute Gasteiger partial charge is 0.460 e. The summed E-state index contributed by atoms with van der Waals surface area (Å²) < 4.78 is 42.3. The highest BCUT2D eigenvalue weighted by molar-refractivity contribution is 7.86. The molecule has 1 aromatic rings. The molecule has 1 aromatic carbocycles. The van der Waals surface area contributed by atoms with E-state index in [0.717, 1.165) is 24.8 Å². The fraction of sp³-hybridized carbons (Fsp3) is 0.724. The lowest BCUT2D eigenvalue weighted by molar-refractivity contribution is -0.214. The van der Waals surface area contributed by atoms with E-state index in [1.807, 2.05) is 13.8 Å². The molecule has 9 atom stereocenters. The zero-order valence-corrected chi connectivity index (χ0v) is 23.8. The number of aliphatic hydroxyl groups is 1. The Kier molecular flexibility index (Phi) is 6.86. The molecule has 4 fully saturated rings. The van der Waals surface area contributed by atoms with E-state index in [9.17, 15) is 23.1 Å². The van der Waals surface area contributed by atoms with Crippen molar-refractivity contribution >= 4 is 21.9 Å².